The van der Waals surface area contributed by atoms with Crippen LogP contribution in [0.2, 0.25) is 0 Å². The van der Waals surface area contributed by atoms with Gasteiger partial charge in [-0.25, -0.2) is 0 Å². The minimum atomic E-state index is -0.0843. The summed E-state index contributed by atoms with van der Waals surface area (Å²) >= 11 is 0. The second-order valence-corrected chi connectivity index (χ2v) is 6.32. The van der Waals surface area contributed by atoms with Gasteiger partial charge in [0.15, 0.2) is 0 Å². The van der Waals surface area contributed by atoms with E-state index in [4.69, 9.17) is 4.74 Å². The van der Waals surface area contributed by atoms with Gasteiger partial charge >= 0.3 is 5.97 Å². The number of carbonyl (C=O) groups is 1. The quantitative estimate of drug-likeness (QED) is 0.707. The molecule has 18 heavy (non-hydrogen) atoms. The molecule has 0 spiro atoms. The van der Waals surface area contributed by atoms with Gasteiger partial charge in [-0.2, -0.15) is 0 Å². The van der Waals surface area contributed by atoms with E-state index in [9.17, 15) is 4.79 Å². The van der Waals surface area contributed by atoms with Gasteiger partial charge in [0, 0.05) is 18.9 Å². The zero-order valence-electron chi connectivity index (χ0n) is 11.4. The summed E-state index contributed by atoms with van der Waals surface area (Å²) in [6.45, 7) is 4.09. The van der Waals surface area contributed by atoms with E-state index in [1.54, 1.807) is 6.92 Å². The molecule has 1 saturated heterocycles. The number of esters is 1. The molecule has 0 aromatic rings. The van der Waals surface area contributed by atoms with Crippen LogP contribution in [0.25, 0.3) is 0 Å². The molecule has 3 nitrogen and oxygen atoms in total. The van der Waals surface area contributed by atoms with Crippen LogP contribution >= 0.6 is 0 Å². The van der Waals surface area contributed by atoms with E-state index in [-0.39, 0.29) is 12.1 Å². The summed E-state index contributed by atoms with van der Waals surface area (Å²) in [5.41, 5.74) is 0. The molecule has 3 fully saturated rings. The van der Waals surface area contributed by atoms with Crippen LogP contribution in [0.15, 0.2) is 0 Å². The van der Waals surface area contributed by atoms with E-state index in [0.717, 1.165) is 0 Å². The van der Waals surface area contributed by atoms with Crippen molar-refractivity contribution >= 4 is 5.97 Å². The fraction of sp³-hybridized carbons (Fsp3) is 0.933. The lowest BCUT2D eigenvalue weighted by Gasteiger charge is -2.48. The lowest BCUT2D eigenvalue weighted by Crippen LogP contribution is -2.52. The van der Waals surface area contributed by atoms with Crippen LogP contribution in [0, 0.1) is 11.8 Å². The largest absolute Gasteiger partial charge is 0.462 e. The van der Waals surface area contributed by atoms with Gasteiger partial charge in [0.25, 0.3) is 0 Å². The summed E-state index contributed by atoms with van der Waals surface area (Å²) in [5.74, 6) is 1.17. The van der Waals surface area contributed by atoms with E-state index in [2.05, 4.69) is 4.90 Å². The Kier molecular flexibility index (Phi) is 3.60. The zero-order chi connectivity index (χ0) is 12.5. The van der Waals surface area contributed by atoms with Gasteiger partial charge < -0.3 is 4.74 Å². The smallest absolute Gasteiger partial charge is 0.302 e. The number of ether oxygens (including phenoxy) is 1. The molecule has 2 aliphatic carbocycles. The summed E-state index contributed by atoms with van der Waals surface area (Å²) < 4.78 is 5.68. The van der Waals surface area contributed by atoms with Crippen molar-refractivity contribution in [2.24, 2.45) is 11.8 Å². The molecule has 3 heteroatoms. The maximum absolute atomic E-state index is 11.3. The lowest BCUT2D eigenvalue weighted by molar-refractivity contribution is -0.161. The van der Waals surface area contributed by atoms with Crippen molar-refractivity contribution in [2.75, 3.05) is 13.1 Å². The van der Waals surface area contributed by atoms with Crippen LogP contribution < -0.4 is 0 Å². The summed E-state index contributed by atoms with van der Waals surface area (Å²) in [7, 11) is 0. The van der Waals surface area contributed by atoms with Crippen molar-refractivity contribution in [1.29, 1.82) is 0 Å². The maximum atomic E-state index is 11.3. The Morgan fingerprint density at radius 3 is 2.56 bits per heavy atom. The Labute approximate surface area is 110 Å². The fourth-order valence-corrected chi connectivity index (χ4v) is 4.51. The van der Waals surface area contributed by atoms with Gasteiger partial charge in [-0.15, -0.1) is 0 Å². The van der Waals surface area contributed by atoms with Crippen molar-refractivity contribution in [3.63, 3.8) is 0 Å². The predicted octanol–water partition coefficient (Wildman–Crippen LogP) is 2.59. The van der Waals surface area contributed by atoms with Crippen molar-refractivity contribution in [3.05, 3.63) is 0 Å². The van der Waals surface area contributed by atoms with E-state index in [1.165, 1.54) is 58.0 Å². The van der Waals surface area contributed by atoms with Gasteiger partial charge in [-0.1, -0.05) is 6.42 Å². The Hall–Kier alpha value is -0.570. The first-order valence-corrected chi connectivity index (χ1v) is 7.67. The Balaban J connectivity index is 1.74. The number of nitrogens with zero attached hydrogens (tertiary/aromatic N) is 1. The molecule has 0 radical (unpaired) electrons. The van der Waals surface area contributed by atoms with Crippen LogP contribution in [0.4, 0.5) is 0 Å². The van der Waals surface area contributed by atoms with E-state index < -0.39 is 0 Å². The Bertz CT molecular complexity index is 312. The van der Waals surface area contributed by atoms with E-state index in [0.29, 0.717) is 17.9 Å². The normalized spacial score (nSPS) is 40.7. The average molecular weight is 251 g/mol. The van der Waals surface area contributed by atoms with Crippen LogP contribution in [0.5, 0.6) is 0 Å². The lowest BCUT2D eigenvalue weighted by atomic mass is 9.67. The van der Waals surface area contributed by atoms with Crippen molar-refractivity contribution < 1.29 is 9.53 Å². The van der Waals surface area contributed by atoms with Gasteiger partial charge in [0.2, 0.25) is 0 Å². The molecular formula is C15H25NO2. The van der Waals surface area contributed by atoms with E-state index in [1.807, 2.05) is 0 Å². The highest BCUT2D eigenvalue weighted by molar-refractivity contribution is 5.66. The van der Waals surface area contributed by atoms with Gasteiger partial charge in [-0.05, 0) is 57.5 Å². The minimum absolute atomic E-state index is 0.0843. The molecule has 3 aliphatic rings. The number of carbonyl (C=O) groups excluding carboxylic acids is 1. The van der Waals surface area contributed by atoms with Crippen molar-refractivity contribution in [3.8, 4) is 0 Å². The molecule has 0 amide bonds. The first kappa shape index (κ1) is 12.5. The van der Waals surface area contributed by atoms with Gasteiger partial charge in [-0.3, -0.25) is 9.69 Å². The molecule has 4 atom stereocenters. The van der Waals surface area contributed by atoms with Crippen molar-refractivity contribution in [2.45, 2.75) is 64.0 Å². The van der Waals surface area contributed by atoms with Crippen LogP contribution in [-0.4, -0.2) is 36.1 Å². The average Bonchev–Trinajstić information content (AvgIpc) is 2.81. The molecule has 2 bridgehead atoms. The topological polar surface area (TPSA) is 29.5 Å². The molecule has 1 aliphatic heterocycles. The Morgan fingerprint density at radius 2 is 1.83 bits per heavy atom. The predicted molar refractivity (Wildman–Crippen MR) is 70.2 cm³/mol. The molecule has 2 saturated carbocycles. The maximum Gasteiger partial charge on any atom is 0.302 e. The first-order valence-electron chi connectivity index (χ1n) is 7.67. The second kappa shape index (κ2) is 5.20. The summed E-state index contributed by atoms with van der Waals surface area (Å²) in [5, 5.41) is 0. The fourth-order valence-electron chi connectivity index (χ4n) is 4.51. The number of hydrogen-bond donors (Lipinski definition) is 0. The second-order valence-electron chi connectivity index (χ2n) is 6.32. The monoisotopic (exact) mass is 251 g/mol. The zero-order valence-corrected chi connectivity index (χ0v) is 11.4. The highest BCUT2D eigenvalue weighted by Crippen LogP contribution is 2.44. The molecule has 0 unspecified atom stereocenters. The summed E-state index contributed by atoms with van der Waals surface area (Å²) in [4.78, 5) is 14.0. The molecule has 102 valence electrons. The third kappa shape index (κ3) is 2.29. The van der Waals surface area contributed by atoms with Gasteiger partial charge in [0.05, 0.1) is 0 Å². The molecule has 0 N–H and O–H groups in total. The molecule has 0 aromatic carbocycles. The number of likely N-dealkylation sites (tertiary alicyclic amines) is 1. The molecule has 0 aromatic heterocycles. The Morgan fingerprint density at radius 1 is 1.06 bits per heavy atom. The molecule has 3 rings (SSSR count). The SMILES string of the molecule is CC(=O)O[C@H]1[C@@H]2CCC[C@@H]1[C@@H](N1CCCC1)CC2. The number of fused-ring (bicyclic) bond motifs is 2. The van der Waals surface area contributed by atoms with E-state index >= 15 is 0 Å². The molecular weight excluding hydrogens is 226 g/mol. The highest BCUT2D eigenvalue weighted by atomic mass is 16.5. The minimum Gasteiger partial charge on any atom is -0.462 e. The van der Waals surface area contributed by atoms with Gasteiger partial charge in [0.1, 0.15) is 6.10 Å². The first-order chi connectivity index (χ1) is 8.75. The molecule has 1 heterocycles. The third-order valence-corrected chi connectivity index (χ3v) is 5.24. The van der Waals surface area contributed by atoms with Crippen LogP contribution in [0.1, 0.15) is 51.9 Å². The number of rotatable bonds is 2. The van der Waals surface area contributed by atoms with Crippen LogP contribution in [0.3, 0.4) is 0 Å². The van der Waals surface area contributed by atoms with Crippen LogP contribution in [-0.2, 0) is 9.53 Å². The highest BCUT2D eigenvalue weighted by Gasteiger charge is 2.45. The summed E-state index contributed by atoms with van der Waals surface area (Å²) in [6.07, 6.45) is 9.36. The number of hydrogen-bond acceptors (Lipinski definition) is 3. The third-order valence-electron chi connectivity index (χ3n) is 5.24. The summed E-state index contributed by atoms with van der Waals surface area (Å²) in [6, 6.07) is 0.688. The van der Waals surface area contributed by atoms with Crippen molar-refractivity contribution in [1.82, 2.24) is 4.90 Å². The standard InChI is InChI=1S/C15H25NO2/c1-11(17)18-15-12-5-4-6-13(15)14(8-7-12)16-9-2-3-10-16/h12-15H,2-10H2,1H3/t12-,13-,14+,15+/m1/s1.